The van der Waals surface area contributed by atoms with Crippen molar-refractivity contribution in [2.24, 2.45) is 0 Å². The summed E-state index contributed by atoms with van der Waals surface area (Å²) in [5.74, 6) is 0.898. The number of nitrogens with zero attached hydrogens (tertiary/aromatic N) is 1. The highest BCUT2D eigenvalue weighted by Gasteiger charge is 2.23. The Bertz CT molecular complexity index is 628. The second-order valence-corrected chi connectivity index (χ2v) is 3.97. The van der Waals surface area contributed by atoms with Crippen molar-refractivity contribution in [3.05, 3.63) is 52.6 Å². The molecule has 0 aromatic heterocycles. The van der Waals surface area contributed by atoms with Crippen LogP contribution in [0.1, 0.15) is 0 Å². The van der Waals surface area contributed by atoms with Gasteiger partial charge in [-0.3, -0.25) is 10.1 Å². The van der Waals surface area contributed by atoms with E-state index in [1.54, 1.807) is 6.07 Å². The predicted octanol–water partition coefficient (Wildman–Crippen LogP) is 3.07. The molecule has 19 heavy (non-hydrogen) atoms. The summed E-state index contributed by atoms with van der Waals surface area (Å²) in [7, 11) is 0. The lowest BCUT2D eigenvalue weighted by Crippen LogP contribution is -1.97. The Balaban J connectivity index is 2.02. The van der Waals surface area contributed by atoms with Crippen molar-refractivity contribution in [1.29, 1.82) is 0 Å². The monoisotopic (exact) mass is 258 g/mol. The molecular weight excluding hydrogens is 248 g/mol. The average Bonchev–Trinajstić information content (AvgIpc) is 2.86. The summed E-state index contributed by atoms with van der Waals surface area (Å²) in [5.41, 5.74) is 1.10. The van der Waals surface area contributed by atoms with Gasteiger partial charge in [0.2, 0.25) is 6.79 Å². The van der Waals surface area contributed by atoms with E-state index in [2.05, 4.69) is 5.32 Å². The van der Waals surface area contributed by atoms with Gasteiger partial charge in [0, 0.05) is 11.8 Å². The smallest absolute Gasteiger partial charge is 0.296 e. The van der Waals surface area contributed by atoms with E-state index in [4.69, 9.17) is 9.47 Å². The molecule has 1 aliphatic rings. The fraction of sp³-hybridized carbons (Fsp3) is 0.0769. The zero-order valence-corrected chi connectivity index (χ0v) is 9.83. The highest BCUT2D eigenvalue weighted by atomic mass is 16.7. The molecule has 0 spiro atoms. The van der Waals surface area contributed by atoms with E-state index in [-0.39, 0.29) is 12.5 Å². The van der Waals surface area contributed by atoms with E-state index < -0.39 is 4.92 Å². The molecule has 96 valence electrons. The Morgan fingerprint density at radius 2 is 1.79 bits per heavy atom. The summed E-state index contributed by atoms with van der Waals surface area (Å²) in [6.45, 7) is 0.0846. The van der Waals surface area contributed by atoms with Gasteiger partial charge >= 0.3 is 0 Å². The maximum absolute atomic E-state index is 11.1. The number of nitro benzene ring substituents is 1. The van der Waals surface area contributed by atoms with Crippen LogP contribution in [0.3, 0.4) is 0 Å². The Morgan fingerprint density at radius 1 is 1.11 bits per heavy atom. The van der Waals surface area contributed by atoms with Crippen molar-refractivity contribution in [3.63, 3.8) is 0 Å². The van der Waals surface area contributed by atoms with Gasteiger partial charge in [0.15, 0.2) is 11.5 Å². The molecule has 2 aromatic carbocycles. The lowest BCUT2D eigenvalue weighted by molar-refractivity contribution is -0.384. The van der Waals surface area contributed by atoms with Crippen LogP contribution in [0.15, 0.2) is 42.5 Å². The van der Waals surface area contributed by atoms with Crippen molar-refractivity contribution in [2.45, 2.75) is 0 Å². The molecule has 0 atom stereocenters. The van der Waals surface area contributed by atoms with Crippen LogP contribution in [0.4, 0.5) is 17.1 Å². The molecule has 0 radical (unpaired) electrons. The van der Waals surface area contributed by atoms with Gasteiger partial charge in [-0.05, 0) is 12.1 Å². The van der Waals surface area contributed by atoms with Crippen molar-refractivity contribution in [1.82, 2.24) is 0 Å². The van der Waals surface area contributed by atoms with Gasteiger partial charge in [-0.15, -0.1) is 0 Å². The molecule has 0 aliphatic carbocycles. The van der Waals surface area contributed by atoms with Gasteiger partial charge in [-0.2, -0.15) is 0 Å². The van der Waals surface area contributed by atoms with Crippen molar-refractivity contribution in [3.8, 4) is 11.5 Å². The standard InChI is InChI=1S/C13H10N2O4/c16-15(17)11-7-13-12(18-8-19-13)6-10(11)14-9-4-2-1-3-5-9/h1-7,14H,8H2. The van der Waals surface area contributed by atoms with Gasteiger partial charge < -0.3 is 14.8 Å². The van der Waals surface area contributed by atoms with Crippen LogP contribution >= 0.6 is 0 Å². The topological polar surface area (TPSA) is 73.6 Å². The average molecular weight is 258 g/mol. The predicted molar refractivity (Wildman–Crippen MR) is 68.9 cm³/mol. The van der Waals surface area contributed by atoms with Crippen LogP contribution in [-0.2, 0) is 0 Å². The maximum Gasteiger partial charge on any atom is 0.296 e. The molecule has 6 heteroatoms. The summed E-state index contributed by atoms with van der Waals surface area (Å²) in [5, 5.41) is 14.1. The number of hydrogen-bond acceptors (Lipinski definition) is 5. The minimum atomic E-state index is -0.451. The van der Waals surface area contributed by atoms with E-state index in [0.717, 1.165) is 5.69 Å². The molecule has 3 rings (SSSR count). The van der Waals surface area contributed by atoms with Gasteiger partial charge in [0.25, 0.3) is 5.69 Å². The Kier molecular flexibility index (Phi) is 2.68. The minimum Gasteiger partial charge on any atom is -0.454 e. The van der Waals surface area contributed by atoms with Crippen molar-refractivity contribution >= 4 is 17.1 Å². The van der Waals surface area contributed by atoms with Crippen molar-refractivity contribution in [2.75, 3.05) is 12.1 Å². The first kappa shape index (κ1) is 11.3. The van der Waals surface area contributed by atoms with E-state index in [1.165, 1.54) is 6.07 Å². The molecule has 1 aliphatic heterocycles. The Morgan fingerprint density at radius 3 is 2.47 bits per heavy atom. The fourth-order valence-electron chi connectivity index (χ4n) is 1.86. The molecule has 2 aromatic rings. The van der Waals surface area contributed by atoms with Gasteiger partial charge in [-0.1, -0.05) is 18.2 Å². The first-order valence-corrected chi connectivity index (χ1v) is 5.64. The first-order chi connectivity index (χ1) is 9.24. The highest BCUT2D eigenvalue weighted by molar-refractivity contribution is 5.74. The Hall–Kier alpha value is -2.76. The number of anilines is 2. The van der Waals surface area contributed by atoms with Crippen LogP contribution in [0.25, 0.3) is 0 Å². The lowest BCUT2D eigenvalue weighted by atomic mass is 10.2. The highest BCUT2D eigenvalue weighted by Crippen LogP contribution is 2.41. The summed E-state index contributed by atoms with van der Waals surface area (Å²) >= 11 is 0. The number of hydrogen-bond donors (Lipinski definition) is 1. The number of para-hydroxylation sites is 1. The molecule has 0 unspecified atom stereocenters. The van der Waals surface area contributed by atoms with E-state index >= 15 is 0 Å². The van der Waals surface area contributed by atoms with Crippen LogP contribution in [0.2, 0.25) is 0 Å². The third kappa shape index (κ3) is 2.15. The van der Waals surface area contributed by atoms with Gasteiger partial charge in [0.05, 0.1) is 11.0 Å². The zero-order valence-electron chi connectivity index (χ0n) is 9.83. The second kappa shape index (κ2) is 4.49. The number of benzene rings is 2. The van der Waals surface area contributed by atoms with Gasteiger partial charge in [0.1, 0.15) is 5.69 Å². The molecule has 0 bridgehead atoms. The Labute approximate surface area is 108 Å². The first-order valence-electron chi connectivity index (χ1n) is 5.64. The number of nitrogens with one attached hydrogen (secondary N) is 1. The lowest BCUT2D eigenvalue weighted by Gasteiger charge is -2.08. The van der Waals surface area contributed by atoms with Crippen LogP contribution in [0.5, 0.6) is 11.5 Å². The van der Waals surface area contributed by atoms with Crippen molar-refractivity contribution < 1.29 is 14.4 Å². The molecule has 0 amide bonds. The summed E-state index contributed by atoms with van der Waals surface area (Å²) in [4.78, 5) is 10.6. The van der Waals surface area contributed by atoms with Crippen LogP contribution in [0, 0.1) is 10.1 Å². The molecule has 1 heterocycles. The largest absolute Gasteiger partial charge is 0.454 e. The van der Waals surface area contributed by atoms with E-state index in [9.17, 15) is 10.1 Å². The normalized spacial score (nSPS) is 12.2. The summed E-state index contributed by atoms with van der Waals surface area (Å²) in [6, 6.07) is 12.2. The van der Waals surface area contributed by atoms with Crippen LogP contribution < -0.4 is 14.8 Å². The molecule has 0 fully saturated rings. The van der Waals surface area contributed by atoms with Crippen LogP contribution in [-0.4, -0.2) is 11.7 Å². The third-order valence-electron chi connectivity index (χ3n) is 2.74. The number of nitro groups is 1. The molecular formula is C13H10N2O4. The summed E-state index contributed by atoms with van der Waals surface area (Å²) < 4.78 is 10.4. The second-order valence-electron chi connectivity index (χ2n) is 3.97. The molecule has 6 nitrogen and oxygen atoms in total. The molecule has 1 N–H and O–H groups in total. The molecule has 0 saturated heterocycles. The minimum absolute atomic E-state index is 0.0481. The number of fused-ring (bicyclic) bond motifs is 1. The molecule has 0 saturated carbocycles. The zero-order chi connectivity index (χ0) is 13.2. The number of ether oxygens (including phenoxy) is 2. The summed E-state index contributed by atoms with van der Waals surface area (Å²) in [6.07, 6.45) is 0. The van der Waals surface area contributed by atoms with E-state index in [1.807, 2.05) is 30.3 Å². The quantitative estimate of drug-likeness (QED) is 0.676. The SMILES string of the molecule is O=[N+]([O-])c1cc2c(cc1Nc1ccccc1)OCO2. The fourth-order valence-corrected chi connectivity index (χ4v) is 1.86. The van der Waals surface area contributed by atoms with E-state index in [0.29, 0.717) is 17.2 Å². The number of rotatable bonds is 3. The maximum atomic E-state index is 11.1. The third-order valence-corrected chi connectivity index (χ3v) is 2.74. The van der Waals surface area contributed by atoms with Gasteiger partial charge in [-0.25, -0.2) is 0 Å².